The second kappa shape index (κ2) is 3.02. The van der Waals surface area contributed by atoms with Gasteiger partial charge in [-0.1, -0.05) is 6.08 Å². The van der Waals surface area contributed by atoms with Crippen LogP contribution >= 0.6 is 0 Å². The van der Waals surface area contributed by atoms with Crippen LogP contribution in [0.2, 0.25) is 0 Å². The average molecular weight is 127 g/mol. The Morgan fingerprint density at radius 1 is 1.67 bits per heavy atom. The molecule has 0 unspecified atom stereocenters. The lowest BCUT2D eigenvalue weighted by atomic mass is 10.2. The summed E-state index contributed by atoms with van der Waals surface area (Å²) in [5.41, 5.74) is 0.153. The summed E-state index contributed by atoms with van der Waals surface area (Å²) < 4.78 is 0. The Kier molecular flexibility index (Phi) is 2.64. The van der Waals surface area contributed by atoms with Gasteiger partial charge in [0.1, 0.15) is 0 Å². The molecule has 0 fully saturated rings. The predicted octanol–water partition coefficient (Wildman–Crippen LogP) is 1.06. The van der Waals surface area contributed by atoms with Gasteiger partial charge in [0.05, 0.1) is 5.57 Å². The summed E-state index contributed by atoms with van der Waals surface area (Å²) in [5.74, 6) is -1.04. The van der Waals surface area contributed by atoms with E-state index in [9.17, 15) is 4.79 Å². The van der Waals surface area contributed by atoms with Crippen molar-refractivity contribution in [2.45, 2.75) is 13.8 Å². The van der Waals surface area contributed by atoms with E-state index in [4.69, 9.17) is 10.5 Å². The first-order chi connectivity index (χ1) is 4.09. The molecule has 0 atom stereocenters. The minimum absolute atomic E-state index is 0.0648. The summed E-state index contributed by atoms with van der Waals surface area (Å²) in [7, 11) is 0. The molecule has 0 aromatic heterocycles. The minimum Gasteiger partial charge on any atom is -0.478 e. The summed E-state index contributed by atoms with van der Waals surface area (Å²) in [6.07, 6.45) is 1.41. The van der Waals surface area contributed by atoms with Gasteiger partial charge in [-0.15, -0.1) is 0 Å². The molecule has 3 heteroatoms. The Bertz CT molecular complexity index is 154. The van der Waals surface area contributed by atoms with Crippen molar-refractivity contribution >= 4 is 11.7 Å². The molecule has 0 radical (unpaired) electrons. The molecule has 2 N–H and O–H groups in total. The Morgan fingerprint density at radius 3 is 2.11 bits per heavy atom. The molecule has 0 amide bonds. The SMILES string of the molecule is C/C=C(/C(C)=N)C(=O)O. The molecule has 50 valence electrons. The maximum Gasteiger partial charge on any atom is 0.337 e. The zero-order valence-electron chi connectivity index (χ0n) is 5.43. The van der Waals surface area contributed by atoms with Crippen LogP contribution < -0.4 is 0 Å². The molecule has 0 saturated heterocycles. The van der Waals surface area contributed by atoms with Crippen molar-refractivity contribution in [2.24, 2.45) is 0 Å². The molecule has 0 aliphatic carbocycles. The minimum atomic E-state index is -1.04. The van der Waals surface area contributed by atoms with Crippen molar-refractivity contribution in [1.29, 1.82) is 5.41 Å². The molecule has 0 spiro atoms. The fourth-order valence-corrected chi connectivity index (χ4v) is 0.500. The number of carboxylic acids is 1. The van der Waals surface area contributed by atoms with Crippen LogP contribution in [0.15, 0.2) is 11.6 Å². The maximum atomic E-state index is 10.2. The van der Waals surface area contributed by atoms with Gasteiger partial charge in [0.2, 0.25) is 0 Å². The summed E-state index contributed by atoms with van der Waals surface area (Å²) in [6, 6.07) is 0. The molecule has 9 heavy (non-hydrogen) atoms. The molecule has 0 rings (SSSR count). The van der Waals surface area contributed by atoms with E-state index in [1.165, 1.54) is 13.0 Å². The number of carboxylic acid groups (broad SMARTS) is 1. The molecule has 0 saturated carbocycles. The topological polar surface area (TPSA) is 61.2 Å². The number of allylic oxidation sites excluding steroid dienone is 1. The van der Waals surface area contributed by atoms with Crippen LogP contribution in [0.1, 0.15) is 13.8 Å². The predicted molar refractivity (Wildman–Crippen MR) is 34.8 cm³/mol. The van der Waals surface area contributed by atoms with Crippen molar-refractivity contribution < 1.29 is 9.90 Å². The summed E-state index contributed by atoms with van der Waals surface area (Å²) in [5, 5.41) is 15.3. The lowest BCUT2D eigenvalue weighted by Gasteiger charge is -1.94. The molecule has 0 aliphatic rings. The van der Waals surface area contributed by atoms with Gasteiger partial charge in [0.15, 0.2) is 0 Å². The van der Waals surface area contributed by atoms with Gasteiger partial charge in [-0.3, -0.25) is 0 Å². The molecule has 0 aromatic rings. The lowest BCUT2D eigenvalue weighted by Crippen LogP contribution is -2.07. The number of hydrogen-bond acceptors (Lipinski definition) is 2. The number of carbonyl (C=O) groups is 1. The summed E-state index contributed by atoms with van der Waals surface area (Å²) in [4.78, 5) is 10.2. The van der Waals surface area contributed by atoms with Crippen molar-refractivity contribution in [3.8, 4) is 0 Å². The van der Waals surface area contributed by atoms with Gasteiger partial charge < -0.3 is 10.5 Å². The van der Waals surface area contributed by atoms with Gasteiger partial charge >= 0.3 is 5.97 Å². The fourth-order valence-electron chi connectivity index (χ4n) is 0.500. The van der Waals surface area contributed by atoms with Gasteiger partial charge in [0, 0.05) is 5.71 Å². The normalized spacial score (nSPS) is 11.1. The Morgan fingerprint density at radius 2 is 2.11 bits per heavy atom. The second-order valence-electron chi connectivity index (χ2n) is 1.63. The standard InChI is InChI=1S/C6H9NO2/c1-3-5(4(2)7)6(8)9/h3,7H,1-2H3,(H,8,9)/b5-3-,7-4?. The van der Waals surface area contributed by atoms with Gasteiger partial charge in [-0.2, -0.15) is 0 Å². The number of hydrogen-bond donors (Lipinski definition) is 2. The molecule has 0 aliphatic heterocycles. The number of aliphatic carboxylic acids is 1. The fraction of sp³-hybridized carbons (Fsp3) is 0.333. The molecule has 3 nitrogen and oxygen atoms in total. The highest BCUT2D eigenvalue weighted by atomic mass is 16.4. The van der Waals surface area contributed by atoms with Crippen LogP contribution in [0.5, 0.6) is 0 Å². The van der Waals surface area contributed by atoms with E-state index in [0.29, 0.717) is 0 Å². The maximum absolute atomic E-state index is 10.2. The smallest absolute Gasteiger partial charge is 0.337 e. The van der Waals surface area contributed by atoms with Crippen molar-refractivity contribution in [1.82, 2.24) is 0 Å². The van der Waals surface area contributed by atoms with E-state index in [-0.39, 0.29) is 11.3 Å². The number of rotatable bonds is 2. The zero-order valence-corrected chi connectivity index (χ0v) is 5.43. The van der Waals surface area contributed by atoms with Gasteiger partial charge in [-0.25, -0.2) is 4.79 Å². The largest absolute Gasteiger partial charge is 0.478 e. The third kappa shape index (κ3) is 2.08. The van der Waals surface area contributed by atoms with Crippen LogP contribution in [-0.4, -0.2) is 16.8 Å². The van der Waals surface area contributed by atoms with Crippen LogP contribution in [0, 0.1) is 5.41 Å². The Labute approximate surface area is 53.5 Å². The average Bonchev–Trinajstić information content (AvgIpc) is 1.64. The van der Waals surface area contributed by atoms with Crippen LogP contribution in [-0.2, 0) is 4.79 Å². The van der Waals surface area contributed by atoms with E-state index in [2.05, 4.69) is 0 Å². The molecule has 0 bridgehead atoms. The molecular weight excluding hydrogens is 118 g/mol. The summed E-state index contributed by atoms with van der Waals surface area (Å²) >= 11 is 0. The Hall–Kier alpha value is -1.12. The van der Waals surface area contributed by atoms with Crippen LogP contribution in [0.25, 0.3) is 0 Å². The Balaban J connectivity index is 4.38. The first-order valence-electron chi connectivity index (χ1n) is 2.54. The quantitative estimate of drug-likeness (QED) is 0.430. The van der Waals surface area contributed by atoms with E-state index < -0.39 is 5.97 Å². The first-order valence-corrected chi connectivity index (χ1v) is 2.54. The van der Waals surface area contributed by atoms with E-state index in [1.54, 1.807) is 6.92 Å². The van der Waals surface area contributed by atoms with E-state index in [1.807, 2.05) is 0 Å². The molecule has 0 heterocycles. The number of nitrogens with one attached hydrogen (secondary N) is 1. The van der Waals surface area contributed by atoms with Gasteiger partial charge in [0.25, 0.3) is 0 Å². The van der Waals surface area contributed by atoms with Crippen molar-refractivity contribution in [2.75, 3.05) is 0 Å². The van der Waals surface area contributed by atoms with Crippen molar-refractivity contribution in [3.63, 3.8) is 0 Å². The highest BCUT2D eigenvalue weighted by Crippen LogP contribution is 1.94. The highest BCUT2D eigenvalue weighted by molar-refractivity contribution is 6.16. The first kappa shape index (κ1) is 7.88. The van der Waals surface area contributed by atoms with Crippen molar-refractivity contribution in [3.05, 3.63) is 11.6 Å². The third-order valence-electron chi connectivity index (χ3n) is 0.923. The van der Waals surface area contributed by atoms with E-state index >= 15 is 0 Å². The monoisotopic (exact) mass is 127 g/mol. The highest BCUT2D eigenvalue weighted by Gasteiger charge is 2.05. The van der Waals surface area contributed by atoms with Crippen LogP contribution in [0.3, 0.4) is 0 Å². The van der Waals surface area contributed by atoms with E-state index in [0.717, 1.165) is 0 Å². The van der Waals surface area contributed by atoms with Crippen LogP contribution in [0.4, 0.5) is 0 Å². The molecule has 0 aromatic carbocycles. The summed E-state index contributed by atoms with van der Waals surface area (Å²) in [6.45, 7) is 3.05. The zero-order chi connectivity index (χ0) is 7.44. The second-order valence-corrected chi connectivity index (χ2v) is 1.63. The van der Waals surface area contributed by atoms with Gasteiger partial charge in [-0.05, 0) is 13.8 Å². The molecular formula is C6H9NO2. The lowest BCUT2D eigenvalue weighted by molar-refractivity contribution is -0.132. The third-order valence-corrected chi connectivity index (χ3v) is 0.923.